The molecular weight excluding hydrogens is 273 g/mol. The van der Waals surface area contributed by atoms with Gasteiger partial charge in [-0.05, 0) is 29.8 Å². The molecular formula is C15H12FN3O2. The molecule has 0 saturated carbocycles. The van der Waals surface area contributed by atoms with Gasteiger partial charge < -0.3 is 0 Å². The highest BCUT2D eigenvalue weighted by Crippen LogP contribution is 2.04. The van der Waals surface area contributed by atoms with Crippen LogP contribution in [0.4, 0.5) is 4.39 Å². The van der Waals surface area contributed by atoms with Crippen LogP contribution in [0.1, 0.15) is 15.9 Å². The summed E-state index contributed by atoms with van der Waals surface area (Å²) < 4.78 is 12.8. The van der Waals surface area contributed by atoms with Crippen LogP contribution in [0.5, 0.6) is 0 Å². The van der Waals surface area contributed by atoms with Crippen molar-refractivity contribution in [1.29, 1.82) is 0 Å². The van der Waals surface area contributed by atoms with Crippen LogP contribution >= 0.6 is 0 Å². The summed E-state index contributed by atoms with van der Waals surface area (Å²) in [5.74, 6) is -0.917. The number of nitroso groups, excluding NO2 is 1. The Morgan fingerprint density at radius 3 is 2.29 bits per heavy atom. The smallest absolute Gasteiger partial charge is 0.267 e. The number of hydrazone groups is 1. The van der Waals surface area contributed by atoms with Gasteiger partial charge in [-0.2, -0.15) is 10.0 Å². The fraction of sp³-hybridized carbons (Fsp3) is 0.0667. The van der Waals surface area contributed by atoms with Crippen molar-refractivity contribution in [3.05, 3.63) is 76.4 Å². The Bertz CT molecular complexity index is 654. The zero-order valence-electron chi connectivity index (χ0n) is 11.0. The third kappa shape index (κ3) is 4.04. The van der Waals surface area contributed by atoms with E-state index in [1.54, 1.807) is 24.3 Å². The highest BCUT2D eigenvalue weighted by atomic mass is 19.1. The molecule has 0 fully saturated rings. The van der Waals surface area contributed by atoms with Gasteiger partial charge >= 0.3 is 0 Å². The van der Waals surface area contributed by atoms with Crippen LogP contribution in [-0.4, -0.2) is 18.2 Å². The lowest BCUT2D eigenvalue weighted by Gasteiger charge is -2.04. The first kappa shape index (κ1) is 14.5. The second kappa shape index (κ2) is 7.04. The second-order valence-electron chi connectivity index (χ2n) is 4.16. The third-order valence-corrected chi connectivity index (χ3v) is 2.72. The lowest BCUT2D eigenvalue weighted by molar-refractivity contribution is 0.0955. The average molecular weight is 285 g/mol. The number of halogens is 1. The predicted molar refractivity (Wildman–Crippen MR) is 77.5 cm³/mol. The number of rotatable bonds is 5. The maximum absolute atomic E-state index is 12.8. The zero-order valence-corrected chi connectivity index (χ0v) is 11.0. The number of hydrogen-bond acceptors (Lipinski definition) is 4. The quantitative estimate of drug-likeness (QED) is 0.521. The Morgan fingerprint density at radius 1 is 1.00 bits per heavy atom. The Labute approximate surface area is 120 Å². The molecule has 6 heteroatoms. The summed E-state index contributed by atoms with van der Waals surface area (Å²) in [6.07, 6.45) is 0. The standard InChI is InChI=1S/C15H12FN3O2/c16-13-8-6-12(7-9-13)15(20)19-18-14(10-17-21)11-4-2-1-3-5-11/h1-9H,10H2,(H,19,20). The SMILES string of the molecule is O=NCC(=NNC(=O)c1ccc(F)cc1)c1ccccc1. The van der Waals surface area contributed by atoms with E-state index in [-0.39, 0.29) is 12.1 Å². The Morgan fingerprint density at radius 2 is 1.67 bits per heavy atom. The van der Waals surface area contributed by atoms with Gasteiger partial charge in [-0.25, -0.2) is 9.82 Å². The summed E-state index contributed by atoms with van der Waals surface area (Å²) in [6.45, 7) is -0.159. The van der Waals surface area contributed by atoms with Crippen molar-refractivity contribution in [2.75, 3.05) is 6.54 Å². The molecule has 21 heavy (non-hydrogen) atoms. The van der Waals surface area contributed by atoms with Crippen molar-refractivity contribution in [3.63, 3.8) is 0 Å². The highest BCUT2D eigenvalue weighted by Gasteiger charge is 2.07. The predicted octanol–water partition coefficient (Wildman–Crippen LogP) is 2.73. The van der Waals surface area contributed by atoms with Crippen molar-refractivity contribution in [3.8, 4) is 0 Å². The third-order valence-electron chi connectivity index (χ3n) is 2.72. The fourth-order valence-corrected chi connectivity index (χ4v) is 1.67. The number of hydrogen-bond donors (Lipinski definition) is 1. The minimum Gasteiger partial charge on any atom is -0.267 e. The van der Waals surface area contributed by atoms with Crippen LogP contribution in [0.25, 0.3) is 0 Å². The van der Waals surface area contributed by atoms with Crippen LogP contribution in [-0.2, 0) is 0 Å². The van der Waals surface area contributed by atoms with Gasteiger partial charge in [0.25, 0.3) is 5.91 Å². The van der Waals surface area contributed by atoms with E-state index in [0.29, 0.717) is 11.3 Å². The largest absolute Gasteiger partial charge is 0.271 e. The van der Waals surface area contributed by atoms with Crippen molar-refractivity contribution < 1.29 is 9.18 Å². The monoisotopic (exact) mass is 285 g/mol. The normalized spacial score (nSPS) is 11.0. The zero-order chi connectivity index (χ0) is 15.1. The molecule has 2 rings (SSSR count). The molecule has 0 saturated heterocycles. The van der Waals surface area contributed by atoms with E-state index in [2.05, 4.69) is 15.7 Å². The molecule has 0 heterocycles. The Kier molecular flexibility index (Phi) is 4.87. The van der Waals surface area contributed by atoms with Gasteiger partial charge in [0.2, 0.25) is 0 Å². The van der Waals surface area contributed by atoms with Gasteiger partial charge in [0, 0.05) is 5.56 Å². The maximum Gasteiger partial charge on any atom is 0.271 e. The topological polar surface area (TPSA) is 70.9 Å². The van der Waals surface area contributed by atoms with Crippen molar-refractivity contribution in [1.82, 2.24) is 5.43 Å². The molecule has 2 aromatic carbocycles. The Hall–Kier alpha value is -2.89. The van der Waals surface area contributed by atoms with Gasteiger partial charge in [0.05, 0.1) is 5.71 Å². The summed E-state index contributed by atoms with van der Waals surface area (Å²) in [4.78, 5) is 22.3. The fourth-order valence-electron chi connectivity index (χ4n) is 1.67. The van der Waals surface area contributed by atoms with E-state index in [1.807, 2.05) is 6.07 Å². The van der Waals surface area contributed by atoms with Crippen LogP contribution in [0, 0.1) is 10.7 Å². The number of amides is 1. The van der Waals surface area contributed by atoms with Gasteiger partial charge in [-0.15, -0.1) is 0 Å². The average Bonchev–Trinajstić information content (AvgIpc) is 2.52. The maximum atomic E-state index is 12.8. The van der Waals surface area contributed by atoms with E-state index in [4.69, 9.17) is 0 Å². The number of carbonyl (C=O) groups excluding carboxylic acids is 1. The van der Waals surface area contributed by atoms with Gasteiger partial charge in [0.15, 0.2) is 0 Å². The summed E-state index contributed by atoms with van der Waals surface area (Å²) >= 11 is 0. The number of benzene rings is 2. The van der Waals surface area contributed by atoms with Gasteiger partial charge in [0.1, 0.15) is 12.4 Å². The van der Waals surface area contributed by atoms with E-state index in [9.17, 15) is 14.1 Å². The molecule has 1 N–H and O–H groups in total. The van der Waals surface area contributed by atoms with E-state index >= 15 is 0 Å². The first-order chi connectivity index (χ1) is 10.2. The molecule has 0 bridgehead atoms. The van der Waals surface area contributed by atoms with Crippen LogP contribution < -0.4 is 5.43 Å². The lowest BCUT2D eigenvalue weighted by Crippen LogP contribution is -2.21. The van der Waals surface area contributed by atoms with Gasteiger partial charge in [-0.1, -0.05) is 35.5 Å². The van der Waals surface area contributed by atoms with Crippen LogP contribution in [0.3, 0.4) is 0 Å². The van der Waals surface area contributed by atoms with E-state index in [1.165, 1.54) is 24.3 Å². The molecule has 0 atom stereocenters. The van der Waals surface area contributed by atoms with Crippen molar-refractivity contribution in [2.24, 2.45) is 10.3 Å². The first-order valence-electron chi connectivity index (χ1n) is 6.17. The molecule has 0 aliphatic heterocycles. The van der Waals surface area contributed by atoms with Crippen LogP contribution in [0.15, 0.2) is 64.9 Å². The molecule has 0 aliphatic carbocycles. The van der Waals surface area contributed by atoms with Crippen LogP contribution in [0.2, 0.25) is 0 Å². The molecule has 0 unspecified atom stereocenters. The lowest BCUT2D eigenvalue weighted by atomic mass is 10.1. The molecule has 1 amide bonds. The number of nitrogens with zero attached hydrogens (tertiary/aromatic N) is 2. The number of nitrogens with one attached hydrogen (secondary N) is 1. The van der Waals surface area contributed by atoms with Crippen molar-refractivity contribution in [2.45, 2.75) is 0 Å². The summed E-state index contributed by atoms with van der Waals surface area (Å²) in [6, 6.07) is 14.0. The molecule has 0 radical (unpaired) electrons. The molecule has 0 spiro atoms. The second-order valence-corrected chi connectivity index (χ2v) is 4.16. The van der Waals surface area contributed by atoms with Gasteiger partial charge in [-0.3, -0.25) is 4.79 Å². The minimum absolute atomic E-state index is 0.159. The minimum atomic E-state index is -0.491. The summed E-state index contributed by atoms with van der Waals surface area (Å²) in [5, 5.41) is 6.71. The van der Waals surface area contributed by atoms with E-state index in [0.717, 1.165) is 0 Å². The molecule has 106 valence electrons. The highest BCUT2D eigenvalue weighted by molar-refractivity contribution is 6.03. The first-order valence-corrected chi connectivity index (χ1v) is 6.17. The summed E-state index contributed by atoms with van der Waals surface area (Å²) in [7, 11) is 0. The molecule has 0 aromatic heterocycles. The molecule has 2 aromatic rings. The number of carbonyl (C=O) groups is 1. The van der Waals surface area contributed by atoms with E-state index < -0.39 is 11.7 Å². The van der Waals surface area contributed by atoms with Crippen molar-refractivity contribution >= 4 is 11.6 Å². The molecule has 5 nitrogen and oxygen atoms in total. The molecule has 0 aliphatic rings. The Balaban J connectivity index is 2.14. The summed E-state index contributed by atoms with van der Waals surface area (Å²) in [5.41, 5.74) is 3.64.